The lowest BCUT2D eigenvalue weighted by molar-refractivity contribution is -0.224. The second-order valence-corrected chi connectivity index (χ2v) is 3.02. The predicted octanol–water partition coefficient (Wildman–Crippen LogP) is -0.220. The summed E-state index contributed by atoms with van der Waals surface area (Å²) in [6.45, 7) is -0.335. The Labute approximate surface area is 80.9 Å². The lowest BCUT2D eigenvalue weighted by Gasteiger charge is -2.35. The molecule has 0 bridgehead atoms. The van der Waals surface area contributed by atoms with Crippen molar-refractivity contribution < 1.29 is 19.7 Å². The van der Waals surface area contributed by atoms with E-state index in [0.717, 1.165) is 0 Å². The molecular formula is C7H13N3O4. The summed E-state index contributed by atoms with van der Waals surface area (Å²) in [5.41, 5.74) is 8.26. The van der Waals surface area contributed by atoms with Gasteiger partial charge in [-0.2, -0.15) is 0 Å². The van der Waals surface area contributed by atoms with Crippen LogP contribution in [-0.4, -0.2) is 48.5 Å². The first-order valence-corrected chi connectivity index (χ1v) is 4.24. The fraction of sp³-hybridized carbons (Fsp3) is 1.00. The van der Waals surface area contributed by atoms with Crippen LogP contribution in [-0.2, 0) is 9.47 Å². The summed E-state index contributed by atoms with van der Waals surface area (Å²) in [5, 5.41) is 21.9. The lowest BCUT2D eigenvalue weighted by atomic mass is 10.00. The first-order valence-electron chi connectivity index (χ1n) is 4.24. The van der Waals surface area contributed by atoms with Gasteiger partial charge in [-0.05, 0) is 5.53 Å². The Morgan fingerprint density at radius 1 is 1.71 bits per heavy atom. The van der Waals surface area contributed by atoms with Crippen molar-refractivity contribution in [3.8, 4) is 0 Å². The van der Waals surface area contributed by atoms with E-state index in [9.17, 15) is 5.11 Å². The van der Waals surface area contributed by atoms with Gasteiger partial charge in [-0.25, -0.2) is 0 Å². The lowest BCUT2D eigenvalue weighted by Crippen LogP contribution is -2.49. The van der Waals surface area contributed by atoms with Gasteiger partial charge in [0, 0.05) is 18.4 Å². The Bertz CT molecular complexity index is 231. The van der Waals surface area contributed by atoms with Crippen LogP contribution >= 0.6 is 0 Å². The number of nitrogens with zero attached hydrogens (tertiary/aromatic N) is 3. The third-order valence-electron chi connectivity index (χ3n) is 2.18. The van der Waals surface area contributed by atoms with Crippen molar-refractivity contribution in [2.45, 2.75) is 31.0 Å². The van der Waals surface area contributed by atoms with Crippen LogP contribution in [0, 0.1) is 0 Å². The number of hydrogen-bond donors (Lipinski definition) is 2. The molecule has 1 rings (SSSR count). The largest absolute Gasteiger partial charge is 0.394 e. The van der Waals surface area contributed by atoms with Gasteiger partial charge in [0.15, 0.2) is 6.29 Å². The van der Waals surface area contributed by atoms with Crippen LogP contribution in [0.2, 0.25) is 0 Å². The Morgan fingerprint density at radius 2 is 2.43 bits per heavy atom. The Hall–Kier alpha value is -0.850. The zero-order valence-electron chi connectivity index (χ0n) is 7.78. The first-order chi connectivity index (χ1) is 6.72. The Balaban J connectivity index is 2.69. The average molecular weight is 203 g/mol. The van der Waals surface area contributed by atoms with Gasteiger partial charge in [0.2, 0.25) is 0 Å². The third-order valence-corrected chi connectivity index (χ3v) is 2.18. The molecule has 0 unspecified atom stereocenters. The van der Waals surface area contributed by atoms with E-state index < -0.39 is 24.5 Å². The Morgan fingerprint density at radius 3 is 2.93 bits per heavy atom. The van der Waals surface area contributed by atoms with Gasteiger partial charge in [0.05, 0.1) is 18.8 Å². The summed E-state index contributed by atoms with van der Waals surface area (Å²) in [6, 6.07) is -0.615. The molecule has 4 atom stereocenters. The smallest absolute Gasteiger partial charge is 0.158 e. The van der Waals surface area contributed by atoms with Crippen molar-refractivity contribution in [3.63, 3.8) is 0 Å². The van der Waals surface area contributed by atoms with Crippen molar-refractivity contribution >= 4 is 0 Å². The first kappa shape index (κ1) is 11.2. The van der Waals surface area contributed by atoms with Crippen LogP contribution in [0.4, 0.5) is 0 Å². The molecule has 0 aromatic carbocycles. The summed E-state index contributed by atoms with van der Waals surface area (Å²) in [4.78, 5) is 2.62. The molecule has 0 saturated carbocycles. The fourth-order valence-electron chi connectivity index (χ4n) is 1.40. The number of methoxy groups -OCH3 is 1. The molecule has 80 valence electrons. The maximum absolute atomic E-state index is 9.57. The fourth-order valence-corrected chi connectivity index (χ4v) is 1.40. The van der Waals surface area contributed by atoms with Gasteiger partial charge in [0.1, 0.15) is 6.10 Å². The van der Waals surface area contributed by atoms with Crippen LogP contribution in [0.3, 0.4) is 0 Å². The van der Waals surface area contributed by atoms with E-state index in [2.05, 4.69) is 10.0 Å². The van der Waals surface area contributed by atoms with E-state index in [1.165, 1.54) is 7.11 Å². The highest BCUT2D eigenvalue weighted by atomic mass is 16.7. The van der Waals surface area contributed by atoms with Crippen LogP contribution < -0.4 is 0 Å². The molecule has 1 aliphatic rings. The molecule has 0 aliphatic carbocycles. The second kappa shape index (κ2) is 5.14. The third kappa shape index (κ3) is 2.34. The van der Waals surface area contributed by atoms with Crippen LogP contribution in [0.15, 0.2) is 5.11 Å². The molecule has 1 saturated heterocycles. The molecule has 7 heteroatoms. The monoisotopic (exact) mass is 203 g/mol. The molecular weight excluding hydrogens is 190 g/mol. The molecule has 0 aromatic heterocycles. The normalized spacial score (nSPS) is 37.6. The minimum Gasteiger partial charge on any atom is -0.394 e. The standard InChI is InChI=1S/C7H13N3O4/c1-13-6-2-4(9-10-8)7(12)5(3-11)14-6/h4-7,11-12H,2-3H2,1H3/t4-,5-,6+,7+/m1/s1. The van der Waals surface area contributed by atoms with Crippen LogP contribution in [0.25, 0.3) is 10.4 Å². The Kier molecular flexibility index (Phi) is 4.12. The quantitative estimate of drug-likeness (QED) is 0.375. The molecule has 1 fully saturated rings. The summed E-state index contributed by atoms with van der Waals surface area (Å²) >= 11 is 0. The number of hydrogen-bond acceptors (Lipinski definition) is 5. The maximum atomic E-state index is 9.57. The van der Waals surface area contributed by atoms with Gasteiger partial charge in [-0.15, -0.1) is 0 Å². The van der Waals surface area contributed by atoms with E-state index in [1.807, 2.05) is 0 Å². The highest BCUT2D eigenvalue weighted by Gasteiger charge is 2.36. The zero-order valence-corrected chi connectivity index (χ0v) is 7.78. The molecule has 0 amide bonds. The van der Waals surface area contributed by atoms with Crippen molar-refractivity contribution in [2.75, 3.05) is 13.7 Å². The second-order valence-electron chi connectivity index (χ2n) is 3.02. The molecule has 1 aliphatic heterocycles. The van der Waals surface area contributed by atoms with E-state index >= 15 is 0 Å². The van der Waals surface area contributed by atoms with Crippen molar-refractivity contribution in [1.29, 1.82) is 0 Å². The summed E-state index contributed by atoms with van der Waals surface area (Å²) in [5.74, 6) is 0. The SMILES string of the molecule is CO[C@@H]1C[C@@H](N=[N+]=[N-])[C@H](O)[C@@H](CO)O1. The van der Waals surface area contributed by atoms with Crippen LogP contribution in [0.5, 0.6) is 0 Å². The number of azide groups is 1. The van der Waals surface area contributed by atoms with E-state index in [0.29, 0.717) is 0 Å². The molecule has 2 N–H and O–H groups in total. The number of aliphatic hydroxyl groups is 2. The van der Waals surface area contributed by atoms with Crippen molar-refractivity contribution in [2.24, 2.45) is 5.11 Å². The molecule has 0 aromatic rings. The van der Waals surface area contributed by atoms with Gasteiger partial charge in [0.25, 0.3) is 0 Å². The van der Waals surface area contributed by atoms with Gasteiger partial charge < -0.3 is 19.7 Å². The highest BCUT2D eigenvalue weighted by molar-refractivity contribution is 4.87. The molecule has 14 heavy (non-hydrogen) atoms. The minimum atomic E-state index is -0.984. The van der Waals surface area contributed by atoms with Gasteiger partial charge in [-0.3, -0.25) is 0 Å². The van der Waals surface area contributed by atoms with E-state index in [4.69, 9.17) is 20.1 Å². The summed E-state index contributed by atoms with van der Waals surface area (Å²) < 4.78 is 10.1. The van der Waals surface area contributed by atoms with Gasteiger partial charge in [-0.1, -0.05) is 5.11 Å². The summed E-state index contributed by atoms with van der Waals surface area (Å²) in [7, 11) is 1.45. The highest BCUT2D eigenvalue weighted by Crippen LogP contribution is 2.23. The van der Waals surface area contributed by atoms with E-state index in [1.54, 1.807) is 0 Å². The van der Waals surface area contributed by atoms with Crippen molar-refractivity contribution in [1.82, 2.24) is 0 Å². The topological polar surface area (TPSA) is 108 Å². The molecule has 1 heterocycles. The van der Waals surface area contributed by atoms with Gasteiger partial charge >= 0.3 is 0 Å². The summed E-state index contributed by atoms with van der Waals surface area (Å²) in [6.07, 6.45) is -2.00. The minimum absolute atomic E-state index is 0.290. The van der Waals surface area contributed by atoms with Crippen LogP contribution in [0.1, 0.15) is 6.42 Å². The maximum Gasteiger partial charge on any atom is 0.158 e. The van der Waals surface area contributed by atoms with E-state index in [-0.39, 0.29) is 13.0 Å². The molecule has 0 spiro atoms. The predicted molar refractivity (Wildman–Crippen MR) is 46.3 cm³/mol. The average Bonchev–Trinajstić information content (AvgIpc) is 2.21. The molecule has 0 radical (unpaired) electrons. The zero-order chi connectivity index (χ0) is 10.6. The molecule has 7 nitrogen and oxygen atoms in total. The number of ether oxygens (including phenoxy) is 2. The number of rotatable bonds is 3. The number of aliphatic hydroxyl groups excluding tert-OH is 2. The van der Waals surface area contributed by atoms with Crippen molar-refractivity contribution in [3.05, 3.63) is 10.4 Å².